The molecule has 0 radical (unpaired) electrons. The first kappa shape index (κ1) is 16.2. The summed E-state index contributed by atoms with van der Waals surface area (Å²) in [5.41, 5.74) is 6.19. The number of piperidine rings is 1. The molecule has 2 fully saturated rings. The van der Waals surface area contributed by atoms with Crippen molar-refractivity contribution in [3.8, 4) is 0 Å². The Balaban J connectivity index is 1.73. The zero-order valence-electron chi connectivity index (χ0n) is 12.5. The van der Waals surface area contributed by atoms with Gasteiger partial charge in [0.15, 0.2) is 0 Å². The lowest BCUT2D eigenvalue weighted by Gasteiger charge is -2.35. The van der Waals surface area contributed by atoms with Crippen molar-refractivity contribution in [3.05, 3.63) is 0 Å². The molecule has 0 aromatic heterocycles. The minimum Gasteiger partial charge on any atom is -0.379 e. The zero-order chi connectivity index (χ0) is 14.6. The Labute approximate surface area is 122 Å². The highest BCUT2D eigenvalue weighted by Crippen LogP contribution is 2.26. The van der Waals surface area contributed by atoms with Gasteiger partial charge in [-0.3, -0.25) is 0 Å². The van der Waals surface area contributed by atoms with Crippen LogP contribution in [-0.4, -0.2) is 50.8 Å². The summed E-state index contributed by atoms with van der Waals surface area (Å²) in [6.45, 7) is 2.49. The minimum atomic E-state index is -3.06. The van der Waals surface area contributed by atoms with Crippen molar-refractivity contribution in [2.45, 2.75) is 50.5 Å². The lowest BCUT2D eigenvalue weighted by atomic mass is 9.83. The molecule has 0 bridgehead atoms. The summed E-state index contributed by atoms with van der Waals surface area (Å²) in [5, 5.41) is 0. The van der Waals surface area contributed by atoms with E-state index in [0.29, 0.717) is 32.2 Å². The van der Waals surface area contributed by atoms with Gasteiger partial charge in [0, 0.05) is 18.6 Å². The molecule has 1 saturated carbocycles. The summed E-state index contributed by atoms with van der Waals surface area (Å²) in [5.74, 6) is 0.311. The Hall–Kier alpha value is -0.170. The summed E-state index contributed by atoms with van der Waals surface area (Å²) < 4.78 is 30.5. The Bertz CT molecular complexity index is 405. The monoisotopic (exact) mass is 304 g/mol. The van der Waals surface area contributed by atoms with E-state index in [1.54, 1.807) is 4.31 Å². The second-order valence-electron chi connectivity index (χ2n) is 6.57. The van der Waals surface area contributed by atoms with E-state index >= 15 is 0 Å². The van der Waals surface area contributed by atoms with Crippen LogP contribution in [0.2, 0.25) is 0 Å². The molecular formula is C14H28N2O3S. The van der Waals surface area contributed by atoms with E-state index in [1.165, 1.54) is 25.5 Å². The van der Waals surface area contributed by atoms with Crippen LogP contribution in [0.25, 0.3) is 0 Å². The lowest BCUT2D eigenvalue weighted by molar-refractivity contribution is 0.0345. The van der Waals surface area contributed by atoms with Gasteiger partial charge in [-0.25, -0.2) is 12.7 Å². The first-order valence-electron chi connectivity index (χ1n) is 7.71. The van der Waals surface area contributed by atoms with Crippen molar-refractivity contribution < 1.29 is 13.2 Å². The van der Waals surface area contributed by atoms with E-state index in [-0.39, 0.29) is 5.54 Å². The third-order valence-corrected chi connectivity index (χ3v) is 5.81. The molecule has 6 heteroatoms. The van der Waals surface area contributed by atoms with Gasteiger partial charge in [-0.15, -0.1) is 0 Å². The Morgan fingerprint density at radius 1 is 1.25 bits per heavy atom. The Kier molecular flexibility index (Phi) is 5.45. The highest BCUT2D eigenvalue weighted by molar-refractivity contribution is 7.88. The summed E-state index contributed by atoms with van der Waals surface area (Å²) in [6, 6.07) is 0. The largest absolute Gasteiger partial charge is 0.379 e. The quantitative estimate of drug-likeness (QED) is 0.832. The molecule has 0 spiro atoms. The molecular weight excluding hydrogens is 276 g/mol. The molecule has 2 N–H and O–H groups in total. The fourth-order valence-electron chi connectivity index (χ4n) is 3.29. The van der Waals surface area contributed by atoms with Crippen molar-refractivity contribution in [2.75, 3.05) is 32.6 Å². The molecule has 2 rings (SSSR count). The highest BCUT2D eigenvalue weighted by Gasteiger charge is 2.29. The predicted octanol–water partition coefficient (Wildman–Crippen LogP) is 1.34. The van der Waals surface area contributed by atoms with Crippen LogP contribution < -0.4 is 5.73 Å². The smallest absolute Gasteiger partial charge is 0.211 e. The van der Waals surface area contributed by atoms with Gasteiger partial charge in [0.2, 0.25) is 10.0 Å². The van der Waals surface area contributed by atoms with Crippen LogP contribution in [0.3, 0.4) is 0 Å². The molecule has 0 amide bonds. The van der Waals surface area contributed by atoms with Crippen LogP contribution >= 0.6 is 0 Å². The molecule has 1 aliphatic heterocycles. The van der Waals surface area contributed by atoms with E-state index in [2.05, 4.69) is 0 Å². The zero-order valence-corrected chi connectivity index (χ0v) is 13.3. The number of ether oxygens (including phenoxy) is 1. The second-order valence-corrected chi connectivity index (χ2v) is 8.55. The van der Waals surface area contributed by atoms with Gasteiger partial charge in [-0.2, -0.15) is 0 Å². The van der Waals surface area contributed by atoms with Crippen LogP contribution in [0.15, 0.2) is 0 Å². The number of sulfonamides is 1. The van der Waals surface area contributed by atoms with Gasteiger partial charge in [-0.05, 0) is 31.6 Å². The minimum absolute atomic E-state index is 0.149. The van der Waals surface area contributed by atoms with Crippen molar-refractivity contribution in [2.24, 2.45) is 11.7 Å². The number of hydrogen-bond acceptors (Lipinski definition) is 4. The molecule has 20 heavy (non-hydrogen) atoms. The molecule has 2 aliphatic rings. The van der Waals surface area contributed by atoms with Gasteiger partial charge in [-0.1, -0.05) is 19.3 Å². The summed E-state index contributed by atoms with van der Waals surface area (Å²) in [4.78, 5) is 0. The van der Waals surface area contributed by atoms with E-state index in [1.807, 2.05) is 0 Å². The fraction of sp³-hybridized carbons (Fsp3) is 1.00. The third-order valence-electron chi connectivity index (χ3n) is 4.54. The SMILES string of the molecule is CS(=O)(=O)N1CCCC(COCC2(N)CCCCC2)C1. The molecule has 1 saturated heterocycles. The van der Waals surface area contributed by atoms with Crippen molar-refractivity contribution in [3.63, 3.8) is 0 Å². The van der Waals surface area contributed by atoms with Gasteiger partial charge >= 0.3 is 0 Å². The van der Waals surface area contributed by atoms with Gasteiger partial charge < -0.3 is 10.5 Å². The summed E-state index contributed by atoms with van der Waals surface area (Å²) in [6.07, 6.45) is 9.03. The highest BCUT2D eigenvalue weighted by atomic mass is 32.2. The maximum absolute atomic E-state index is 11.6. The maximum atomic E-state index is 11.6. The number of nitrogens with two attached hydrogens (primary N) is 1. The van der Waals surface area contributed by atoms with E-state index in [0.717, 1.165) is 25.7 Å². The van der Waals surface area contributed by atoms with Gasteiger partial charge in [0.1, 0.15) is 0 Å². The number of hydrogen-bond donors (Lipinski definition) is 1. The van der Waals surface area contributed by atoms with Crippen molar-refractivity contribution >= 4 is 10.0 Å². The Morgan fingerprint density at radius 2 is 1.95 bits per heavy atom. The van der Waals surface area contributed by atoms with Crippen LogP contribution in [0.1, 0.15) is 44.9 Å². The summed E-state index contributed by atoms with van der Waals surface area (Å²) in [7, 11) is -3.06. The number of rotatable bonds is 5. The summed E-state index contributed by atoms with van der Waals surface area (Å²) >= 11 is 0. The normalized spacial score (nSPS) is 28.4. The molecule has 1 atom stereocenters. The average Bonchev–Trinajstić information content (AvgIpc) is 2.39. The standard InChI is InChI=1S/C14H28N2O3S/c1-20(17,18)16-9-5-6-13(10-16)11-19-12-14(15)7-3-2-4-8-14/h13H,2-12,15H2,1H3. The number of nitrogens with zero attached hydrogens (tertiary/aromatic N) is 1. The molecule has 0 aromatic carbocycles. The van der Waals surface area contributed by atoms with Crippen molar-refractivity contribution in [1.29, 1.82) is 0 Å². The predicted molar refractivity (Wildman–Crippen MR) is 80.0 cm³/mol. The average molecular weight is 304 g/mol. The molecule has 1 aliphatic carbocycles. The van der Waals surface area contributed by atoms with E-state index < -0.39 is 10.0 Å². The fourth-order valence-corrected chi connectivity index (χ4v) is 4.24. The van der Waals surface area contributed by atoms with E-state index in [4.69, 9.17) is 10.5 Å². The molecule has 1 heterocycles. The second kappa shape index (κ2) is 6.73. The van der Waals surface area contributed by atoms with Gasteiger partial charge in [0.25, 0.3) is 0 Å². The van der Waals surface area contributed by atoms with Crippen LogP contribution in [-0.2, 0) is 14.8 Å². The van der Waals surface area contributed by atoms with Gasteiger partial charge in [0.05, 0.1) is 19.5 Å². The topological polar surface area (TPSA) is 72.6 Å². The van der Waals surface area contributed by atoms with Crippen molar-refractivity contribution in [1.82, 2.24) is 4.31 Å². The van der Waals surface area contributed by atoms with E-state index in [9.17, 15) is 8.42 Å². The van der Waals surface area contributed by atoms with Crippen LogP contribution in [0.4, 0.5) is 0 Å². The first-order chi connectivity index (χ1) is 9.39. The Morgan fingerprint density at radius 3 is 2.60 bits per heavy atom. The molecule has 1 unspecified atom stereocenters. The lowest BCUT2D eigenvalue weighted by Crippen LogP contribution is -2.47. The molecule has 118 valence electrons. The van der Waals surface area contributed by atoms with Crippen LogP contribution in [0.5, 0.6) is 0 Å². The molecule has 5 nitrogen and oxygen atoms in total. The molecule has 0 aromatic rings. The first-order valence-corrected chi connectivity index (χ1v) is 9.56. The van der Waals surface area contributed by atoms with Crippen LogP contribution in [0, 0.1) is 5.92 Å². The third kappa shape index (κ3) is 4.69. The maximum Gasteiger partial charge on any atom is 0.211 e.